The summed E-state index contributed by atoms with van der Waals surface area (Å²) in [6.45, 7) is 1.97. The van der Waals surface area contributed by atoms with Crippen LogP contribution in [0.2, 0.25) is 0 Å². The Morgan fingerprint density at radius 3 is 2.65 bits per heavy atom. The monoisotopic (exact) mass is 330 g/mol. The van der Waals surface area contributed by atoms with Crippen molar-refractivity contribution in [2.24, 2.45) is 0 Å². The minimum Gasteiger partial charge on any atom is -0.311 e. The first-order chi connectivity index (χ1) is 11.0. The van der Waals surface area contributed by atoms with Crippen LogP contribution < -0.4 is 4.90 Å². The fraction of sp³-hybridized carbons (Fsp3) is 0.294. The average Bonchev–Trinajstić information content (AvgIpc) is 2.60. The summed E-state index contributed by atoms with van der Waals surface area (Å²) in [6.07, 6.45) is 3.15. The maximum absolute atomic E-state index is 12.8. The van der Waals surface area contributed by atoms with Crippen LogP contribution in [0.3, 0.4) is 0 Å². The molecule has 6 heteroatoms. The SMILES string of the molecule is C[C@@H](C(=O)N1CCCc2ccccc21)S(=O)(=O)c1ccccn1. The Morgan fingerprint density at radius 2 is 1.91 bits per heavy atom. The van der Waals surface area contributed by atoms with Gasteiger partial charge in [-0.3, -0.25) is 4.79 Å². The van der Waals surface area contributed by atoms with E-state index in [2.05, 4.69) is 4.98 Å². The maximum Gasteiger partial charge on any atom is 0.245 e. The highest BCUT2D eigenvalue weighted by molar-refractivity contribution is 7.92. The van der Waals surface area contributed by atoms with Crippen molar-refractivity contribution in [2.75, 3.05) is 11.4 Å². The summed E-state index contributed by atoms with van der Waals surface area (Å²) in [5.41, 5.74) is 1.89. The molecule has 1 aromatic heterocycles. The van der Waals surface area contributed by atoms with E-state index in [-0.39, 0.29) is 5.03 Å². The predicted octanol–water partition coefficient (Wildman–Crippen LogP) is 2.22. The van der Waals surface area contributed by atoms with E-state index in [1.165, 1.54) is 19.2 Å². The predicted molar refractivity (Wildman–Crippen MR) is 88.0 cm³/mol. The Hall–Kier alpha value is -2.21. The molecule has 1 atom stereocenters. The second-order valence-electron chi connectivity index (χ2n) is 5.58. The molecule has 0 N–H and O–H groups in total. The Morgan fingerprint density at radius 1 is 1.17 bits per heavy atom. The molecule has 0 saturated carbocycles. The number of para-hydroxylation sites is 1. The zero-order chi connectivity index (χ0) is 16.4. The number of carbonyl (C=O) groups excluding carboxylic acids is 1. The van der Waals surface area contributed by atoms with Gasteiger partial charge in [0.1, 0.15) is 5.25 Å². The third-order valence-corrected chi connectivity index (χ3v) is 6.08. The molecule has 1 aliphatic heterocycles. The van der Waals surface area contributed by atoms with Gasteiger partial charge in [0.25, 0.3) is 0 Å². The lowest BCUT2D eigenvalue weighted by molar-refractivity contribution is -0.118. The third-order valence-electron chi connectivity index (χ3n) is 4.12. The molecule has 1 amide bonds. The van der Waals surface area contributed by atoms with Gasteiger partial charge in [-0.15, -0.1) is 0 Å². The smallest absolute Gasteiger partial charge is 0.245 e. The largest absolute Gasteiger partial charge is 0.311 e. The average molecular weight is 330 g/mol. The van der Waals surface area contributed by atoms with Crippen LogP contribution in [0.5, 0.6) is 0 Å². The third kappa shape index (κ3) is 2.86. The number of rotatable bonds is 3. The minimum atomic E-state index is -3.79. The fourth-order valence-electron chi connectivity index (χ4n) is 2.81. The molecule has 23 heavy (non-hydrogen) atoms. The molecule has 3 rings (SSSR count). The lowest BCUT2D eigenvalue weighted by atomic mass is 10.0. The molecular weight excluding hydrogens is 312 g/mol. The summed E-state index contributed by atoms with van der Waals surface area (Å²) in [6, 6.07) is 12.3. The number of anilines is 1. The van der Waals surface area contributed by atoms with Crippen LogP contribution in [0.4, 0.5) is 5.69 Å². The maximum atomic E-state index is 12.8. The molecule has 0 spiro atoms. The summed E-state index contributed by atoms with van der Waals surface area (Å²) in [5, 5.41) is -1.23. The quantitative estimate of drug-likeness (QED) is 0.865. The van der Waals surface area contributed by atoms with Gasteiger partial charge >= 0.3 is 0 Å². The van der Waals surface area contributed by atoms with Gasteiger partial charge in [0, 0.05) is 18.4 Å². The van der Waals surface area contributed by atoms with Gasteiger partial charge in [0.2, 0.25) is 15.7 Å². The second-order valence-corrected chi connectivity index (χ2v) is 7.79. The number of benzene rings is 1. The van der Waals surface area contributed by atoms with Crippen molar-refractivity contribution in [1.82, 2.24) is 4.98 Å². The van der Waals surface area contributed by atoms with Crippen LogP contribution in [0, 0.1) is 0 Å². The first-order valence-electron chi connectivity index (χ1n) is 7.56. The number of aromatic nitrogens is 1. The Bertz CT molecular complexity index is 819. The molecule has 5 nitrogen and oxygen atoms in total. The molecule has 0 saturated heterocycles. The minimum absolute atomic E-state index is 0.0638. The summed E-state index contributed by atoms with van der Waals surface area (Å²) in [4.78, 5) is 18.3. The van der Waals surface area contributed by atoms with Gasteiger partial charge in [-0.1, -0.05) is 24.3 Å². The molecule has 2 aromatic rings. The van der Waals surface area contributed by atoms with Gasteiger partial charge in [0.15, 0.2) is 5.03 Å². The molecule has 120 valence electrons. The van der Waals surface area contributed by atoms with Gasteiger partial charge in [-0.2, -0.15) is 0 Å². The van der Waals surface area contributed by atoms with E-state index >= 15 is 0 Å². The fourth-order valence-corrected chi connectivity index (χ4v) is 4.04. The van der Waals surface area contributed by atoms with Crippen LogP contribution in [0.1, 0.15) is 18.9 Å². The highest BCUT2D eigenvalue weighted by Gasteiger charge is 2.35. The lowest BCUT2D eigenvalue weighted by Crippen LogP contribution is -2.44. The number of fused-ring (bicyclic) bond motifs is 1. The standard InChI is InChI=1S/C17H18N2O3S/c1-13(23(21,22)16-10-4-5-11-18-16)17(20)19-12-6-8-14-7-2-3-9-15(14)19/h2-5,7,9-11,13H,6,8,12H2,1H3/t13-/m0/s1. The zero-order valence-corrected chi connectivity index (χ0v) is 13.7. The number of carbonyl (C=O) groups is 1. The first-order valence-corrected chi connectivity index (χ1v) is 9.10. The van der Waals surface area contributed by atoms with E-state index in [1.807, 2.05) is 24.3 Å². The summed E-state index contributed by atoms with van der Waals surface area (Å²) < 4.78 is 25.2. The van der Waals surface area contributed by atoms with Gasteiger partial charge in [-0.05, 0) is 43.5 Å². The van der Waals surface area contributed by atoms with E-state index in [9.17, 15) is 13.2 Å². The first kappa shape index (κ1) is 15.7. The molecule has 0 fully saturated rings. The summed E-state index contributed by atoms with van der Waals surface area (Å²) in [5.74, 6) is -0.400. The van der Waals surface area contributed by atoms with Crippen LogP contribution in [0.25, 0.3) is 0 Å². The normalized spacial score (nSPS) is 15.8. The van der Waals surface area contributed by atoms with Gasteiger partial charge in [0.05, 0.1) is 0 Å². The Kier molecular flexibility index (Phi) is 4.17. The van der Waals surface area contributed by atoms with Crippen molar-refractivity contribution < 1.29 is 13.2 Å². The highest BCUT2D eigenvalue weighted by atomic mass is 32.2. The number of hydrogen-bond donors (Lipinski definition) is 0. The number of aryl methyl sites for hydroxylation is 1. The Labute approximate surface area is 135 Å². The van der Waals surface area contributed by atoms with Crippen molar-refractivity contribution in [3.63, 3.8) is 0 Å². The molecule has 1 aliphatic rings. The highest BCUT2D eigenvalue weighted by Crippen LogP contribution is 2.28. The Balaban J connectivity index is 1.92. The molecule has 0 unspecified atom stereocenters. The van der Waals surface area contributed by atoms with Gasteiger partial charge < -0.3 is 4.90 Å². The number of amides is 1. The number of sulfone groups is 1. The van der Waals surface area contributed by atoms with E-state index in [0.29, 0.717) is 6.54 Å². The van der Waals surface area contributed by atoms with Crippen molar-refractivity contribution in [2.45, 2.75) is 30.0 Å². The van der Waals surface area contributed by atoms with Crippen LogP contribution in [-0.2, 0) is 21.1 Å². The van der Waals surface area contributed by atoms with Crippen molar-refractivity contribution in [1.29, 1.82) is 0 Å². The van der Waals surface area contributed by atoms with E-state index in [0.717, 1.165) is 24.1 Å². The molecule has 0 aliphatic carbocycles. The molecule has 1 aromatic carbocycles. The summed E-state index contributed by atoms with van der Waals surface area (Å²) >= 11 is 0. The van der Waals surface area contributed by atoms with Crippen molar-refractivity contribution in [3.05, 3.63) is 54.2 Å². The second kappa shape index (κ2) is 6.12. The van der Waals surface area contributed by atoms with Crippen LogP contribution in [-0.4, -0.2) is 31.1 Å². The molecule has 0 bridgehead atoms. The molecule has 2 heterocycles. The van der Waals surface area contributed by atoms with E-state index in [4.69, 9.17) is 0 Å². The summed E-state index contributed by atoms with van der Waals surface area (Å²) in [7, 11) is -3.79. The van der Waals surface area contributed by atoms with Gasteiger partial charge in [-0.25, -0.2) is 13.4 Å². The van der Waals surface area contributed by atoms with E-state index < -0.39 is 21.0 Å². The topological polar surface area (TPSA) is 67.3 Å². The van der Waals surface area contributed by atoms with Crippen molar-refractivity contribution in [3.8, 4) is 0 Å². The molecular formula is C17H18N2O3S. The lowest BCUT2D eigenvalue weighted by Gasteiger charge is -2.31. The van der Waals surface area contributed by atoms with Crippen molar-refractivity contribution >= 4 is 21.4 Å². The van der Waals surface area contributed by atoms with Crippen LogP contribution >= 0.6 is 0 Å². The number of hydrogen-bond acceptors (Lipinski definition) is 4. The number of pyridine rings is 1. The molecule has 0 radical (unpaired) electrons. The number of nitrogens with zero attached hydrogens (tertiary/aromatic N) is 2. The van der Waals surface area contributed by atoms with Crippen LogP contribution in [0.15, 0.2) is 53.7 Å². The zero-order valence-electron chi connectivity index (χ0n) is 12.8. The van der Waals surface area contributed by atoms with E-state index in [1.54, 1.807) is 17.0 Å².